The largest absolute Gasteiger partial charge is 0.493 e. The van der Waals surface area contributed by atoms with Crippen molar-refractivity contribution in [2.75, 3.05) is 34.4 Å². The molecule has 0 bridgehead atoms. The van der Waals surface area contributed by atoms with Gasteiger partial charge in [-0.15, -0.1) is 0 Å². The van der Waals surface area contributed by atoms with Gasteiger partial charge in [-0.1, -0.05) is 48.5 Å². The van der Waals surface area contributed by atoms with E-state index in [0.29, 0.717) is 6.54 Å². The highest BCUT2D eigenvalue weighted by atomic mass is 16.5. The van der Waals surface area contributed by atoms with E-state index in [1.807, 2.05) is 55.3 Å². The molecule has 3 aromatic rings. The molecule has 3 aromatic carbocycles. The van der Waals surface area contributed by atoms with Crippen LogP contribution in [0.3, 0.4) is 0 Å². The first-order valence-electron chi connectivity index (χ1n) is 10.2. The summed E-state index contributed by atoms with van der Waals surface area (Å²) in [6.07, 6.45) is 0.822. The molecule has 158 valence electrons. The molecule has 0 unspecified atom stereocenters. The van der Waals surface area contributed by atoms with E-state index in [4.69, 9.17) is 9.47 Å². The maximum atomic E-state index is 12.6. The third-order valence-corrected chi connectivity index (χ3v) is 5.31. The van der Waals surface area contributed by atoms with Crippen LogP contribution in [0.2, 0.25) is 0 Å². The Kier molecular flexibility index (Phi) is 7.31. The van der Waals surface area contributed by atoms with Crippen LogP contribution < -0.4 is 14.8 Å². The lowest BCUT2D eigenvalue weighted by Gasteiger charge is -2.20. The van der Waals surface area contributed by atoms with Crippen molar-refractivity contribution in [3.05, 3.63) is 71.8 Å². The minimum Gasteiger partial charge on any atom is -0.493 e. The number of rotatable bonds is 9. The zero-order chi connectivity index (χ0) is 21.5. The van der Waals surface area contributed by atoms with Gasteiger partial charge < -0.3 is 14.8 Å². The Hall–Kier alpha value is -3.05. The quantitative estimate of drug-likeness (QED) is 0.578. The monoisotopic (exact) mass is 406 g/mol. The molecule has 0 heterocycles. The molecule has 1 atom stereocenters. The smallest absolute Gasteiger partial charge is 0.234 e. The zero-order valence-electron chi connectivity index (χ0n) is 18.1. The third-order valence-electron chi connectivity index (χ3n) is 5.31. The van der Waals surface area contributed by atoms with Gasteiger partial charge in [-0.3, -0.25) is 9.69 Å². The van der Waals surface area contributed by atoms with E-state index in [0.717, 1.165) is 35.6 Å². The molecule has 0 aliphatic rings. The van der Waals surface area contributed by atoms with E-state index in [2.05, 4.69) is 29.6 Å². The molecule has 0 aromatic heterocycles. The van der Waals surface area contributed by atoms with Crippen molar-refractivity contribution in [3.63, 3.8) is 0 Å². The molecule has 3 rings (SSSR count). The lowest BCUT2D eigenvalue weighted by molar-refractivity contribution is -0.122. The fourth-order valence-electron chi connectivity index (χ4n) is 3.67. The average Bonchev–Trinajstić information content (AvgIpc) is 2.76. The average molecular weight is 407 g/mol. The first-order valence-corrected chi connectivity index (χ1v) is 10.2. The molecular formula is C25H30N2O3. The third kappa shape index (κ3) is 5.30. The minimum absolute atomic E-state index is 0.0187. The molecular weight excluding hydrogens is 376 g/mol. The zero-order valence-corrected chi connectivity index (χ0v) is 18.1. The van der Waals surface area contributed by atoms with Crippen molar-refractivity contribution >= 4 is 16.7 Å². The number of hydrogen-bond acceptors (Lipinski definition) is 4. The molecule has 1 amide bonds. The van der Waals surface area contributed by atoms with E-state index in [-0.39, 0.29) is 11.9 Å². The lowest BCUT2D eigenvalue weighted by Crippen LogP contribution is -2.37. The Balaban J connectivity index is 1.54. The van der Waals surface area contributed by atoms with Gasteiger partial charge in [0.05, 0.1) is 26.8 Å². The van der Waals surface area contributed by atoms with E-state index < -0.39 is 0 Å². The molecule has 0 spiro atoms. The number of nitrogens with one attached hydrogen (secondary N) is 1. The normalized spacial score (nSPS) is 12.0. The predicted molar refractivity (Wildman–Crippen MR) is 121 cm³/mol. The summed E-state index contributed by atoms with van der Waals surface area (Å²) in [6.45, 7) is 3.15. The van der Waals surface area contributed by atoms with Gasteiger partial charge in [0, 0.05) is 6.54 Å². The topological polar surface area (TPSA) is 50.8 Å². The molecule has 0 aliphatic carbocycles. The number of likely N-dealkylation sites (N-methyl/N-ethyl adjacent to an activating group) is 1. The minimum atomic E-state index is -0.0529. The maximum absolute atomic E-state index is 12.6. The predicted octanol–water partition coefficient (Wildman–Crippen LogP) is 4.21. The summed E-state index contributed by atoms with van der Waals surface area (Å²) in [5, 5.41) is 5.49. The second kappa shape index (κ2) is 10.1. The van der Waals surface area contributed by atoms with Crippen molar-refractivity contribution in [2.45, 2.75) is 19.4 Å². The number of hydrogen-bond donors (Lipinski definition) is 1. The van der Waals surface area contributed by atoms with Crippen LogP contribution in [-0.4, -0.2) is 45.2 Å². The standard InChI is InChI=1S/C25H30N2O3/c1-18(21-11-7-9-20-8-5-6-10-22(20)21)26-25(28)17-27(2)15-14-19-12-13-23(29-3)24(16-19)30-4/h5-13,16,18H,14-15,17H2,1-4H3,(H,26,28)/t18-/m0/s1. The number of carbonyl (C=O) groups is 1. The van der Waals surface area contributed by atoms with E-state index >= 15 is 0 Å². The highest BCUT2D eigenvalue weighted by Crippen LogP contribution is 2.28. The van der Waals surface area contributed by atoms with Gasteiger partial charge >= 0.3 is 0 Å². The van der Waals surface area contributed by atoms with Crippen LogP contribution in [0.1, 0.15) is 24.1 Å². The van der Waals surface area contributed by atoms with E-state index in [1.165, 1.54) is 10.8 Å². The summed E-state index contributed by atoms with van der Waals surface area (Å²) in [7, 11) is 5.22. The number of methoxy groups -OCH3 is 2. The van der Waals surface area contributed by atoms with Gasteiger partial charge in [0.15, 0.2) is 11.5 Å². The lowest BCUT2D eigenvalue weighted by atomic mass is 10.00. The SMILES string of the molecule is COc1ccc(CCN(C)CC(=O)N[C@@H](C)c2cccc3ccccc23)cc1OC. The summed E-state index contributed by atoms with van der Waals surface area (Å²) < 4.78 is 10.6. The molecule has 0 aliphatic heterocycles. The maximum Gasteiger partial charge on any atom is 0.234 e. The molecule has 30 heavy (non-hydrogen) atoms. The summed E-state index contributed by atoms with van der Waals surface area (Å²) in [4.78, 5) is 14.6. The fourth-order valence-corrected chi connectivity index (χ4v) is 3.67. The second-order valence-corrected chi connectivity index (χ2v) is 7.53. The number of benzene rings is 3. The van der Waals surface area contributed by atoms with Crippen molar-refractivity contribution in [1.29, 1.82) is 0 Å². The van der Waals surface area contributed by atoms with Crippen molar-refractivity contribution in [1.82, 2.24) is 10.2 Å². The van der Waals surface area contributed by atoms with Gasteiger partial charge in [0.1, 0.15) is 0 Å². The van der Waals surface area contributed by atoms with Crippen LogP contribution in [0.4, 0.5) is 0 Å². The number of nitrogens with zero attached hydrogens (tertiary/aromatic N) is 1. The first kappa shape index (κ1) is 21.7. The van der Waals surface area contributed by atoms with Gasteiger partial charge in [0.25, 0.3) is 0 Å². The molecule has 0 radical (unpaired) electrons. The van der Waals surface area contributed by atoms with Gasteiger partial charge in [0.2, 0.25) is 5.91 Å². The Morgan fingerprint density at radius 2 is 1.73 bits per heavy atom. The molecule has 0 saturated carbocycles. The second-order valence-electron chi connectivity index (χ2n) is 7.53. The van der Waals surface area contributed by atoms with Crippen molar-refractivity contribution in [3.8, 4) is 11.5 Å². The Morgan fingerprint density at radius 1 is 1.00 bits per heavy atom. The van der Waals surface area contributed by atoms with Crippen LogP contribution in [0.15, 0.2) is 60.7 Å². The van der Waals surface area contributed by atoms with Crippen LogP contribution >= 0.6 is 0 Å². The van der Waals surface area contributed by atoms with Gasteiger partial charge in [-0.2, -0.15) is 0 Å². The number of amides is 1. The van der Waals surface area contributed by atoms with E-state index in [1.54, 1.807) is 14.2 Å². The Labute approximate surface area is 178 Å². The van der Waals surface area contributed by atoms with Crippen LogP contribution in [0.25, 0.3) is 10.8 Å². The highest BCUT2D eigenvalue weighted by molar-refractivity contribution is 5.87. The fraction of sp³-hybridized carbons (Fsp3) is 0.320. The molecule has 5 heteroatoms. The molecule has 0 saturated heterocycles. The van der Waals surface area contributed by atoms with Crippen LogP contribution in [-0.2, 0) is 11.2 Å². The number of carbonyl (C=O) groups excluding carboxylic acids is 1. The van der Waals surface area contributed by atoms with Crippen molar-refractivity contribution in [2.24, 2.45) is 0 Å². The summed E-state index contributed by atoms with van der Waals surface area (Å²) in [5.74, 6) is 1.46. The number of ether oxygens (including phenoxy) is 2. The summed E-state index contributed by atoms with van der Waals surface area (Å²) >= 11 is 0. The van der Waals surface area contributed by atoms with Gasteiger partial charge in [-0.05, 0) is 54.4 Å². The van der Waals surface area contributed by atoms with Crippen LogP contribution in [0, 0.1) is 0 Å². The first-order chi connectivity index (χ1) is 14.5. The highest BCUT2D eigenvalue weighted by Gasteiger charge is 2.14. The Bertz CT molecular complexity index is 997. The number of fused-ring (bicyclic) bond motifs is 1. The van der Waals surface area contributed by atoms with Crippen molar-refractivity contribution < 1.29 is 14.3 Å². The summed E-state index contributed by atoms with van der Waals surface area (Å²) in [6, 6.07) is 20.3. The van der Waals surface area contributed by atoms with Crippen LogP contribution in [0.5, 0.6) is 11.5 Å². The van der Waals surface area contributed by atoms with Gasteiger partial charge in [-0.25, -0.2) is 0 Å². The summed E-state index contributed by atoms with van der Waals surface area (Å²) in [5.41, 5.74) is 2.28. The Morgan fingerprint density at radius 3 is 2.50 bits per heavy atom. The molecule has 1 N–H and O–H groups in total. The van der Waals surface area contributed by atoms with E-state index in [9.17, 15) is 4.79 Å². The molecule has 5 nitrogen and oxygen atoms in total. The molecule has 0 fully saturated rings.